The molecule has 1 aliphatic carbocycles. The SMILES string of the molecule is CC(C)(C)c1ccc(-n2c(-c3cccc4c3[n-]c3ccc5c(c34)C3CCCC3O5)nc3c(-c4[c-]c5c(cc4)C(C)(C)c4ccccc4N5c4cc(C(C)(C)C)ccn4)cc(C(C)(C)C)cc32)cc1.[Pt+2]. The van der Waals surface area contributed by atoms with E-state index in [-0.39, 0.29) is 48.8 Å². The van der Waals surface area contributed by atoms with Crippen LogP contribution in [0.15, 0.2) is 121 Å². The van der Waals surface area contributed by atoms with Crippen LogP contribution in [0.5, 0.6) is 5.75 Å². The van der Waals surface area contributed by atoms with Gasteiger partial charge in [0, 0.05) is 34.6 Å². The molecule has 9 aromatic rings. The molecule has 0 amide bonds. The summed E-state index contributed by atoms with van der Waals surface area (Å²) < 4.78 is 8.97. The number of nitrogens with zero attached hydrogens (tertiary/aromatic N) is 5. The molecule has 6 nitrogen and oxygen atoms in total. The molecule has 0 radical (unpaired) electrons. The van der Waals surface area contributed by atoms with Crippen LogP contribution in [0.4, 0.5) is 17.2 Å². The molecule has 12 rings (SSSR count). The van der Waals surface area contributed by atoms with Gasteiger partial charge in [-0.25, -0.2) is 9.97 Å². The zero-order chi connectivity index (χ0) is 47.2. The quantitative estimate of drug-likeness (QED) is 0.164. The number of anilines is 3. The third-order valence-electron chi connectivity index (χ3n) is 15.5. The van der Waals surface area contributed by atoms with Gasteiger partial charge in [-0.05, 0) is 122 Å². The molecule has 1 fully saturated rings. The molecule has 2 aliphatic heterocycles. The van der Waals surface area contributed by atoms with Crippen LogP contribution in [0.1, 0.15) is 135 Å². The van der Waals surface area contributed by atoms with Crippen molar-refractivity contribution < 1.29 is 25.8 Å². The largest absolute Gasteiger partial charge is 2.00 e. The topological polar surface area (TPSA) is 57.3 Å². The van der Waals surface area contributed by atoms with Crippen molar-refractivity contribution in [3.8, 4) is 34.0 Å². The number of imidazole rings is 1. The van der Waals surface area contributed by atoms with E-state index in [1.54, 1.807) is 0 Å². The summed E-state index contributed by atoms with van der Waals surface area (Å²) in [5.41, 5.74) is 17.3. The van der Waals surface area contributed by atoms with E-state index >= 15 is 0 Å². The molecule has 1 saturated carbocycles. The van der Waals surface area contributed by atoms with Crippen LogP contribution in [-0.2, 0) is 42.7 Å². The van der Waals surface area contributed by atoms with E-state index in [4.69, 9.17) is 19.7 Å². The summed E-state index contributed by atoms with van der Waals surface area (Å²) in [5, 5.41) is 2.40. The Bertz CT molecular complexity index is 3520. The van der Waals surface area contributed by atoms with Gasteiger partial charge in [-0.1, -0.05) is 148 Å². The molecule has 0 N–H and O–H groups in total. The molecule has 0 bridgehead atoms. The van der Waals surface area contributed by atoms with Gasteiger partial charge in [-0.15, -0.1) is 34.8 Å². The number of hydrogen-bond acceptors (Lipinski definition) is 4. The van der Waals surface area contributed by atoms with E-state index in [1.165, 1.54) is 45.2 Å². The second kappa shape index (κ2) is 15.8. The molecule has 3 aliphatic rings. The van der Waals surface area contributed by atoms with Crippen LogP contribution in [0.3, 0.4) is 0 Å². The van der Waals surface area contributed by atoms with Crippen LogP contribution < -0.4 is 14.6 Å². The summed E-state index contributed by atoms with van der Waals surface area (Å²) in [4.78, 5) is 18.7. The average molecular weight is 1090 g/mol. The monoisotopic (exact) mass is 1090 g/mol. The summed E-state index contributed by atoms with van der Waals surface area (Å²) in [6.45, 7) is 25.2. The number of hydrogen-bond donors (Lipinski definition) is 0. The smallest absolute Gasteiger partial charge is 0.656 e. The molecule has 0 saturated heterocycles. The molecule has 6 aromatic carbocycles. The molecule has 350 valence electrons. The number of rotatable bonds is 4. The van der Waals surface area contributed by atoms with Crippen molar-refractivity contribution in [1.29, 1.82) is 0 Å². The fourth-order valence-corrected chi connectivity index (χ4v) is 11.6. The first-order chi connectivity index (χ1) is 32.4. The zero-order valence-corrected chi connectivity index (χ0v) is 44.1. The van der Waals surface area contributed by atoms with E-state index in [0.29, 0.717) is 5.92 Å². The molecule has 2 atom stereocenters. The molecule has 2 unspecified atom stereocenters. The number of ether oxygens (including phenoxy) is 1. The van der Waals surface area contributed by atoms with E-state index in [1.807, 2.05) is 6.20 Å². The maximum atomic E-state index is 6.58. The van der Waals surface area contributed by atoms with Crippen LogP contribution in [0, 0.1) is 6.07 Å². The summed E-state index contributed by atoms with van der Waals surface area (Å²) in [6, 6.07) is 46.7. The number of benzene rings is 6. The fourth-order valence-electron chi connectivity index (χ4n) is 11.6. The maximum Gasteiger partial charge on any atom is 2.00 e. The average Bonchev–Trinajstić information content (AvgIpc) is 4.09. The van der Waals surface area contributed by atoms with Crippen molar-refractivity contribution in [3.05, 3.63) is 161 Å². The van der Waals surface area contributed by atoms with Gasteiger partial charge in [0.05, 0.1) is 11.0 Å². The molecule has 69 heavy (non-hydrogen) atoms. The van der Waals surface area contributed by atoms with E-state index in [9.17, 15) is 0 Å². The Balaban J connectivity index is 0.00000520. The second-order valence-corrected chi connectivity index (χ2v) is 23.4. The van der Waals surface area contributed by atoms with Gasteiger partial charge in [0.1, 0.15) is 23.5 Å². The van der Waals surface area contributed by atoms with E-state index < -0.39 is 0 Å². The van der Waals surface area contributed by atoms with Gasteiger partial charge in [-0.3, -0.25) is 4.57 Å². The van der Waals surface area contributed by atoms with Gasteiger partial charge < -0.3 is 14.6 Å². The van der Waals surface area contributed by atoms with Gasteiger partial charge >= 0.3 is 21.1 Å². The normalized spacial score (nSPS) is 17.4. The molecular weight excluding hydrogens is 1030 g/mol. The predicted octanol–water partition coefficient (Wildman–Crippen LogP) is 15.8. The third-order valence-corrected chi connectivity index (χ3v) is 15.5. The molecule has 0 spiro atoms. The molecular formula is C62H61N5OPt. The number of aromatic nitrogens is 4. The minimum atomic E-state index is -0.282. The van der Waals surface area contributed by atoms with E-state index in [2.05, 4.69) is 207 Å². The Kier molecular flexibility index (Phi) is 10.4. The van der Waals surface area contributed by atoms with Gasteiger partial charge in [0.2, 0.25) is 0 Å². The third kappa shape index (κ3) is 7.13. The van der Waals surface area contributed by atoms with Crippen LogP contribution >= 0.6 is 0 Å². The number of para-hydroxylation sites is 2. The molecule has 5 heterocycles. The fraction of sp³-hybridized carbons (Fsp3) is 0.323. The zero-order valence-electron chi connectivity index (χ0n) is 41.8. The first kappa shape index (κ1) is 45.5. The first-order valence-corrected chi connectivity index (χ1v) is 24.7. The van der Waals surface area contributed by atoms with Crippen molar-refractivity contribution in [2.24, 2.45) is 0 Å². The van der Waals surface area contributed by atoms with Crippen molar-refractivity contribution in [2.45, 2.75) is 129 Å². The first-order valence-electron chi connectivity index (χ1n) is 24.7. The maximum absolute atomic E-state index is 6.58. The number of pyridine rings is 1. The van der Waals surface area contributed by atoms with Gasteiger partial charge in [-0.2, -0.15) is 0 Å². The Morgan fingerprint density at radius 1 is 0.710 bits per heavy atom. The Morgan fingerprint density at radius 3 is 2.22 bits per heavy atom. The van der Waals surface area contributed by atoms with Crippen LogP contribution in [0.25, 0.3) is 61.0 Å². The Hall–Kier alpha value is -5.97. The van der Waals surface area contributed by atoms with Gasteiger partial charge in [0.25, 0.3) is 0 Å². The van der Waals surface area contributed by atoms with E-state index in [0.717, 1.165) is 91.4 Å². The molecule has 3 aromatic heterocycles. The van der Waals surface area contributed by atoms with Crippen LogP contribution in [-0.4, -0.2) is 20.6 Å². The van der Waals surface area contributed by atoms with Crippen molar-refractivity contribution in [2.75, 3.05) is 4.90 Å². The summed E-state index contributed by atoms with van der Waals surface area (Å²) >= 11 is 0. The minimum Gasteiger partial charge on any atom is -0.656 e. The molecule has 7 heteroatoms. The second-order valence-electron chi connectivity index (χ2n) is 23.4. The summed E-state index contributed by atoms with van der Waals surface area (Å²) in [6.07, 6.45) is 5.69. The van der Waals surface area contributed by atoms with Crippen molar-refractivity contribution >= 4 is 50.0 Å². The summed E-state index contributed by atoms with van der Waals surface area (Å²) in [7, 11) is 0. The van der Waals surface area contributed by atoms with Crippen molar-refractivity contribution in [1.82, 2.24) is 19.5 Å². The number of fused-ring (bicyclic) bond motifs is 10. The standard InChI is InChI=1S/C62H61N5O.Pt/c1-59(2,3)37-23-25-40(26-24-37)66-50-34-39(61(7,8)9)33-44(57(50)65-58(66)43-18-14-17-42-54-47(64-56(42)43)28-29-52-55(54)41-16-15-21-51(41)68-52)36-22-27-46-49(32-36)67(48-20-13-12-19-45(48)62(46,10)11)53-35-38(30-31-63-53)60(4,5)6;/h12-14,17-20,22-31,33-35,41,51H,15-16,21H2,1-11H3;/q-2;+2. The van der Waals surface area contributed by atoms with Gasteiger partial charge in [0.15, 0.2) is 0 Å². The Morgan fingerprint density at radius 2 is 1.46 bits per heavy atom. The van der Waals surface area contributed by atoms with Crippen LogP contribution in [0.2, 0.25) is 0 Å². The summed E-state index contributed by atoms with van der Waals surface area (Å²) in [5.74, 6) is 3.20. The predicted molar refractivity (Wildman–Crippen MR) is 281 cm³/mol. The Labute approximate surface area is 421 Å². The van der Waals surface area contributed by atoms with Crippen molar-refractivity contribution in [3.63, 3.8) is 0 Å². The minimum absolute atomic E-state index is 0.